The van der Waals surface area contributed by atoms with Crippen molar-refractivity contribution < 1.29 is 9.47 Å². The largest absolute Gasteiger partial charge is 0.491 e. The Labute approximate surface area is 93.4 Å². The van der Waals surface area contributed by atoms with E-state index < -0.39 is 0 Å². The Morgan fingerprint density at radius 1 is 1.29 bits per heavy atom. The molecule has 0 heterocycles. The second-order valence-electron chi connectivity index (χ2n) is 2.83. The van der Waals surface area contributed by atoms with Crippen LogP contribution in [-0.2, 0) is 10.1 Å². The van der Waals surface area contributed by atoms with Gasteiger partial charge in [0.1, 0.15) is 12.4 Å². The van der Waals surface area contributed by atoms with Gasteiger partial charge in [0.05, 0.1) is 6.61 Å². The molecule has 0 radical (unpaired) electrons. The van der Waals surface area contributed by atoms with Gasteiger partial charge in [-0.1, -0.05) is 28.1 Å². The molecule has 0 atom stereocenters. The summed E-state index contributed by atoms with van der Waals surface area (Å²) in [5, 5.41) is 0.857. The SMILES string of the molecule is CCOCCOc1cccc(CBr)c1. The molecule has 0 unspecified atom stereocenters. The van der Waals surface area contributed by atoms with Crippen LogP contribution in [0, 0.1) is 0 Å². The molecule has 78 valence electrons. The fourth-order valence-corrected chi connectivity index (χ4v) is 1.43. The Morgan fingerprint density at radius 3 is 2.86 bits per heavy atom. The molecule has 1 aromatic carbocycles. The minimum Gasteiger partial charge on any atom is -0.491 e. The first-order valence-corrected chi connectivity index (χ1v) is 5.84. The van der Waals surface area contributed by atoms with Crippen molar-refractivity contribution in [3.63, 3.8) is 0 Å². The van der Waals surface area contributed by atoms with Crippen molar-refractivity contribution in [3.8, 4) is 5.75 Å². The number of hydrogen-bond acceptors (Lipinski definition) is 2. The van der Waals surface area contributed by atoms with E-state index in [2.05, 4.69) is 22.0 Å². The van der Waals surface area contributed by atoms with Gasteiger partial charge in [-0.05, 0) is 24.6 Å². The van der Waals surface area contributed by atoms with Crippen LogP contribution in [0.3, 0.4) is 0 Å². The molecule has 0 saturated heterocycles. The first-order valence-electron chi connectivity index (χ1n) is 4.72. The third-order valence-electron chi connectivity index (χ3n) is 1.75. The predicted molar refractivity (Wildman–Crippen MR) is 61.1 cm³/mol. The third kappa shape index (κ3) is 4.11. The molecule has 0 amide bonds. The Morgan fingerprint density at radius 2 is 2.14 bits per heavy atom. The number of halogens is 1. The molecule has 1 aromatic rings. The van der Waals surface area contributed by atoms with Gasteiger partial charge in [-0.15, -0.1) is 0 Å². The normalized spacial score (nSPS) is 10.1. The van der Waals surface area contributed by atoms with E-state index >= 15 is 0 Å². The van der Waals surface area contributed by atoms with E-state index in [0.717, 1.165) is 17.7 Å². The zero-order valence-corrected chi connectivity index (χ0v) is 9.92. The van der Waals surface area contributed by atoms with E-state index in [9.17, 15) is 0 Å². The van der Waals surface area contributed by atoms with Crippen LogP contribution in [0.4, 0.5) is 0 Å². The lowest BCUT2D eigenvalue weighted by Gasteiger charge is -2.06. The van der Waals surface area contributed by atoms with Crippen LogP contribution in [0.15, 0.2) is 24.3 Å². The van der Waals surface area contributed by atoms with Crippen LogP contribution >= 0.6 is 15.9 Å². The molecule has 0 N–H and O–H groups in total. The molecule has 0 spiro atoms. The Hall–Kier alpha value is -0.540. The second-order valence-corrected chi connectivity index (χ2v) is 3.39. The lowest BCUT2D eigenvalue weighted by Crippen LogP contribution is -2.06. The van der Waals surface area contributed by atoms with Gasteiger partial charge >= 0.3 is 0 Å². The summed E-state index contributed by atoms with van der Waals surface area (Å²) in [6.45, 7) is 3.98. The van der Waals surface area contributed by atoms with Crippen molar-refractivity contribution in [2.75, 3.05) is 19.8 Å². The summed E-state index contributed by atoms with van der Waals surface area (Å²) in [6.07, 6.45) is 0. The van der Waals surface area contributed by atoms with E-state index in [4.69, 9.17) is 9.47 Å². The zero-order chi connectivity index (χ0) is 10.2. The summed E-state index contributed by atoms with van der Waals surface area (Å²) >= 11 is 3.40. The molecule has 0 aliphatic rings. The lowest BCUT2D eigenvalue weighted by atomic mass is 10.2. The summed E-state index contributed by atoms with van der Waals surface area (Å²) in [7, 11) is 0. The van der Waals surface area contributed by atoms with Crippen molar-refractivity contribution in [3.05, 3.63) is 29.8 Å². The molecule has 0 bridgehead atoms. The average molecular weight is 259 g/mol. The molecule has 0 aliphatic heterocycles. The summed E-state index contributed by atoms with van der Waals surface area (Å²) in [5.41, 5.74) is 1.22. The van der Waals surface area contributed by atoms with Gasteiger partial charge in [0.25, 0.3) is 0 Å². The molecule has 3 heteroatoms. The molecule has 14 heavy (non-hydrogen) atoms. The van der Waals surface area contributed by atoms with E-state index in [1.807, 2.05) is 25.1 Å². The van der Waals surface area contributed by atoms with E-state index in [1.165, 1.54) is 5.56 Å². The minimum absolute atomic E-state index is 0.611. The monoisotopic (exact) mass is 258 g/mol. The van der Waals surface area contributed by atoms with Gasteiger partial charge in [-0.3, -0.25) is 0 Å². The van der Waals surface area contributed by atoms with Gasteiger partial charge in [-0.25, -0.2) is 0 Å². The smallest absolute Gasteiger partial charge is 0.119 e. The average Bonchev–Trinajstić information content (AvgIpc) is 2.25. The number of benzene rings is 1. The first kappa shape index (κ1) is 11.5. The van der Waals surface area contributed by atoms with Crippen molar-refractivity contribution in [2.45, 2.75) is 12.3 Å². The zero-order valence-electron chi connectivity index (χ0n) is 8.33. The molecule has 2 nitrogen and oxygen atoms in total. The fraction of sp³-hybridized carbons (Fsp3) is 0.455. The summed E-state index contributed by atoms with van der Waals surface area (Å²) < 4.78 is 10.7. The Bertz CT molecular complexity index is 263. The molecular formula is C11H15BrO2. The lowest BCUT2D eigenvalue weighted by molar-refractivity contribution is 0.110. The van der Waals surface area contributed by atoms with Crippen LogP contribution in [0.1, 0.15) is 12.5 Å². The van der Waals surface area contributed by atoms with Gasteiger partial charge in [0.2, 0.25) is 0 Å². The highest BCUT2D eigenvalue weighted by Crippen LogP contribution is 2.15. The molecular weight excluding hydrogens is 244 g/mol. The second kappa shape index (κ2) is 6.85. The summed E-state index contributed by atoms with van der Waals surface area (Å²) in [6, 6.07) is 8.04. The summed E-state index contributed by atoms with van der Waals surface area (Å²) in [4.78, 5) is 0. The van der Waals surface area contributed by atoms with Crippen molar-refractivity contribution in [1.82, 2.24) is 0 Å². The van der Waals surface area contributed by atoms with E-state index in [0.29, 0.717) is 13.2 Å². The quantitative estimate of drug-likeness (QED) is 0.577. The van der Waals surface area contributed by atoms with Crippen LogP contribution in [0.25, 0.3) is 0 Å². The van der Waals surface area contributed by atoms with Crippen molar-refractivity contribution >= 4 is 15.9 Å². The number of alkyl halides is 1. The predicted octanol–water partition coefficient (Wildman–Crippen LogP) is 3.00. The Balaban J connectivity index is 2.34. The van der Waals surface area contributed by atoms with Crippen LogP contribution in [0.2, 0.25) is 0 Å². The topological polar surface area (TPSA) is 18.5 Å². The van der Waals surface area contributed by atoms with E-state index in [-0.39, 0.29) is 0 Å². The molecule has 1 rings (SSSR count). The fourth-order valence-electron chi connectivity index (χ4n) is 1.08. The number of rotatable bonds is 6. The highest BCUT2D eigenvalue weighted by Gasteiger charge is 1.95. The van der Waals surface area contributed by atoms with Gasteiger partial charge in [0, 0.05) is 11.9 Å². The van der Waals surface area contributed by atoms with Crippen LogP contribution in [-0.4, -0.2) is 19.8 Å². The van der Waals surface area contributed by atoms with Crippen LogP contribution < -0.4 is 4.74 Å². The van der Waals surface area contributed by atoms with Crippen molar-refractivity contribution in [1.29, 1.82) is 0 Å². The van der Waals surface area contributed by atoms with Crippen LogP contribution in [0.5, 0.6) is 5.75 Å². The molecule has 0 fully saturated rings. The minimum atomic E-state index is 0.611. The third-order valence-corrected chi connectivity index (χ3v) is 2.40. The first-order chi connectivity index (χ1) is 6.86. The van der Waals surface area contributed by atoms with E-state index in [1.54, 1.807) is 0 Å². The highest BCUT2D eigenvalue weighted by molar-refractivity contribution is 9.08. The molecule has 0 saturated carbocycles. The maximum Gasteiger partial charge on any atom is 0.119 e. The number of ether oxygens (including phenoxy) is 2. The van der Waals surface area contributed by atoms with Crippen molar-refractivity contribution in [2.24, 2.45) is 0 Å². The maximum atomic E-state index is 5.50. The van der Waals surface area contributed by atoms with Gasteiger partial charge in [-0.2, -0.15) is 0 Å². The molecule has 0 aromatic heterocycles. The summed E-state index contributed by atoms with van der Waals surface area (Å²) in [5.74, 6) is 0.904. The van der Waals surface area contributed by atoms with Gasteiger partial charge < -0.3 is 9.47 Å². The Kier molecular flexibility index (Phi) is 5.64. The standard InChI is InChI=1S/C11H15BrO2/c1-2-13-6-7-14-11-5-3-4-10(8-11)9-12/h3-5,8H,2,6-7,9H2,1H3. The highest BCUT2D eigenvalue weighted by atomic mass is 79.9. The number of hydrogen-bond donors (Lipinski definition) is 0. The maximum absolute atomic E-state index is 5.50. The molecule has 0 aliphatic carbocycles. The van der Waals surface area contributed by atoms with Gasteiger partial charge in [0.15, 0.2) is 0 Å².